The number of fused-ring (bicyclic) bond motifs is 1. The molecule has 2 heteroatoms. The standard InChI is InChI=1S/C13H20N2.C2H6/c1-4-15-7-5-6-12-13(15)8-11(9-14-12)10(2)3;1-2/h8-10H,4-7H2,1-3H3;1-2H3. The van der Waals surface area contributed by atoms with Crippen molar-refractivity contribution in [1.29, 1.82) is 0 Å². The zero-order valence-electron chi connectivity index (χ0n) is 12.0. The Morgan fingerprint density at radius 2 is 2.06 bits per heavy atom. The van der Waals surface area contributed by atoms with Crippen LogP contribution >= 0.6 is 0 Å². The number of hydrogen-bond acceptors (Lipinski definition) is 2. The molecule has 0 N–H and O–H groups in total. The summed E-state index contributed by atoms with van der Waals surface area (Å²) in [6.45, 7) is 12.9. The Morgan fingerprint density at radius 1 is 1.35 bits per heavy atom. The lowest BCUT2D eigenvalue weighted by molar-refractivity contribution is 0.688. The number of rotatable bonds is 2. The minimum atomic E-state index is 0.573. The maximum Gasteiger partial charge on any atom is 0.0637 e. The van der Waals surface area contributed by atoms with E-state index in [4.69, 9.17) is 0 Å². The smallest absolute Gasteiger partial charge is 0.0637 e. The largest absolute Gasteiger partial charge is 0.370 e. The lowest BCUT2D eigenvalue weighted by Crippen LogP contribution is -2.29. The van der Waals surface area contributed by atoms with E-state index in [-0.39, 0.29) is 0 Å². The lowest BCUT2D eigenvalue weighted by Gasteiger charge is -2.30. The number of nitrogens with zero attached hydrogens (tertiary/aromatic N) is 2. The molecule has 17 heavy (non-hydrogen) atoms. The average Bonchev–Trinajstić information content (AvgIpc) is 2.39. The monoisotopic (exact) mass is 234 g/mol. The molecule has 0 unspecified atom stereocenters. The van der Waals surface area contributed by atoms with Gasteiger partial charge in [0.25, 0.3) is 0 Å². The van der Waals surface area contributed by atoms with Crippen molar-refractivity contribution in [2.45, 2.75) is 53.4 Å². The van der Waals surface area contributed by atoms with Crippen molar-refractivity contribution in [3.63, 3.8) is 0 Å². The van der Waals surface area contributed by atoms with Gasteiger partial charge >= 0.3 is 0 Å². The van der Waals surface area contributed by atoms with Gasteiger partial charge in [-0.2, -0.15) is 0 Å². The van der Waals surface area contributed by atoms with Crippen LogP contribution in [0.15, 0.2) is 12.3 Å². The highest BCUT2D eigenvalue weighted by atomic mass is 15.1. The van der Waals surface area contributed by atoms with Crippen LogP contribution in [-0.4, -0.2) is 18.1 Å². The first-order valence-electron chi connectivity index (χ1n) is 6.96. The van der Waals surface area contributed by atoms with Crippen LogP contribution in [0.5, 0.6) is 0 Å². The van der Waals surface area contributed by atoms with Crippen molar-refractivity contribution < 1.29 is 0 Å². The summed E-state index contributed by atoms with van der Waals surface area (Å²) < 4.78 is 0. The zero-order chi connectivity index (χ0) is 12.8. The van der Waals surface area contributed by atoms with Crippen LogP contribution in [0.25, 0.3) is 0 Å². The van der Waals surface area contributed by atoms with E-state index < -0.39 is 0 Å². The summed E-state index contributed by atoms with van der Waals surface area (Å²) in [5.41, 5.74) is 4.01. The highest BCUT2D eigenvalue weighted by Crippen LogP contribution is 2.28. The molecule has 0 fully saturated rings. The number of hydrogen-bond donors (Lipinski definition) is 0. The topological polar surface area (TPSA) is 16.1 Å². The first kappa shape index (κ1) is 14.0. The molecule has 0 aromatic carbocycles. The first-order valence-corrected chi connectivity index (χ1v) is 6.96. The van der Waals surface area contributed by atoms with E-state index in [2.05, 4.69) is 36.7 Å². The van der Waals surface area contributed by atoms with Crippen LogP contribution in [0.4, 0.5) is 5.69 Å². The molecular weight excluding hydrogens is 208 g/mol. The Morgan fingerprint density at radius 3 is 2.65 bits per heavy atom. The number of aryl methyl sites for hydroxylation is 1. The first-order chi connectivity index (χ1) is 8.22. The Balaban J connectivity index is 0.000000686. The molecule has 2 rings (SSSR count). The molecule has 0 atom stereocenters. The maximum absolute atomic E-state index is 4.60. The third-order valence-electron chi connectivity index (χ3n) is 3.20. The SMILES string of the molecule is CC.CCN1CCCc2ncc(C(C)C)cc21. The minimum Gasteiger partial charge on any atom is -0.370 e. The second-order valence-corrected chi connectivity index (χ2v) is 4.57. The molecule has 0 amide bonds. The van der Waals surface area contributed by atoms with Crippen LogP contribution in [0.3, 0.4) is 0 Å². The van der Waals surface area contributed by atoms with E-state index in [1.54, 1.807) is 0 Å². The van der Waals surface area contributed by atoms with Crippen molar-refractivity contribution >= 4 is 5.69 Å². The quantitative estimate of drug-likeness (QED) is 0.769. The molecular formula is C15H26N2. The highest BCUT2D eigenvalue weighted by molar-refractivity contribution is 5.54. The molecule has 1 aliphatic rings. The van der Waals surface area contributed by atoms with E-state index >= 15 is 0 Å². The van der Waals surface area contributed by atoms with Gasteiger partial charge in [0, 0.05) is 19.3 Å². The van der Waals surface area contributed by atoms with Gasteiger partial charge in [0.05, 0.1) is 11.4 Å². The third kappa shape index (κ3) is 3.21. The summed E-state index contributed by atoms with van der Waals surface area (Å²) in [6.07, 6.45) is 4.43. The second kappa shape index (κ2) is 6.63. The Labute approximate surface area is 106 Å². The fourth-order valence-electron chi connectivity index (χ4n) is 2.17. The van der Waals surface area contributed by atoms with Gasteiger partial charge in [-0.25, -0.2) is 0 Å². The Hall–Kier alpha value is -1.05. The van der Waals surface area contributed by atoms with E-state index in [0.717, 1.165) is 13.0 Å². The fraction of sp³-hybridized carbons (Fsp3) is 0.667. The van der Waals surface area contributed by atoms with Gasteiger partial charge in [0.2, 0.25) is 0 Å². The fourth-order valence-corrected chi connectivity index (χ4v) is 2.17. The van der Waals surface area contributed by atoms with Crippen molar-refractivity contribution in [3.8, 4) is 0 Å². The highest BCUT2D eigenvalue weighted by Gasteiger charge is 2.17. The van der Waals surface area contributed by atoms with Crippen LogP contribution in [-0.2, 0) is 6.42 Å². The number of anilines is 1. The maximum atomic E-state index is 4.60. The van der Waals surface area contributed by atoms with Gasteiger partial charge in [-0.3, -0.25) is 4.98 Å². The zero-order valence-corrected chi connectivity index (χ0v) is 12.0. The van der Waals surface area contributed by atoms with Crippen LogP contribution < -0.4 is 4.90 Å². The summed E-state index contributed by atoms with van der Waals surface area (Å²) in [5, 5.41) is 0. The molecule has 0 radical (unpaired) electrons. The van der Waals surface area contributed by atoms with Crippen molar-refractivity contribution in [3.05, 3.63) is 23.5 Å². The van der Waals surface area contributed by atoms with Gasteiger partial charge in [0.1, 0.15) is 0 Å². The van der Waals surface area contributed by atoms with Crippen molar-refractivity contribution in [2.24, 2.45) is 0 Å². The molecule has 1 aromatic heterocycles. The molecule has 1 aliphatic heterocycles. The summed E-state index contributed by atoms with van der Waals surface area (Å²) in [4.78, 5) is 7.04. The summed E-state index contributed by atoms with van der Waals surface area (Å²) in [7, 11) is 0. The third-order valence-corrected chi connectivity index (χ3v) is 3.20. The van der Waals surface area contributed by atoms with Gasteiger partial charge < -0.3 is 4.90 Å². The molecule has 2 nitrogen and oxygen atoms in total. The van der Waals surface area contributed by atoms with E-state index in [1.165, 1.54) is 29.9 Å². The normalized spacial score (nSPS) is 14.1. The van der Waals surface area contributed by atoms with E-state index in [0.29, 0.717) is 5.92 Å². The average molecular weight is 234 g/mol. The van der Waals surface area contributed by atoms with Crippen molar-refractivity contribution in [1.82, 2.24) is 4.98 Å². The molecule has 0 saturated heterocycles. The molecule has 0 bridgehead atoms. The van der Waals surface area contributed by atoms with Gasteiger partial charge in [-0.05, 0) is 37.3 Å². The molecule has 2 heterocycles. The summed E-state index contributed by atoms with van der Waals surface area (Å²) >= 11 is 0. The Bertz CT molecular complexity index is 345. The van der Waals surface area contributed by atoms with Gasteiger partial charge in [0.15, 0.2) is 0 Å². The molecule has 0 saturated carbocycles. The van der Waals surface area contributed by atoms with Crippen LogP contribution in [0.2, 0.25) is 0 Å². The predicted molar refractivity (Wildman–Crippen MR) is 75.9 cm³/mol. The lowest BCUT2D eigenvalue weighted by atomic mass is 10.0. The second-order valence-electron chi connectivity index (χ2n) is 4.57. The molecule has 0 aliphatic carbocycles. The molecule has 0 spiro atoms. The Kier molecular flexibility index (Phi) is 5.46. The summed E-state index contributed by atoms with van der Waals surface area (Å²) in [6, 6.07) is 2.33. The summed E-state index contributed by atoms with van der Waals surface area (Å²) in [5.74, 6) is 0.573. The van der Waals surface area contributed by atoms with Gasteiger partial charge in [-0.15, -0.1) is 0 Å². The van der Waals surface area contributed by atoms with Crippen LogP contribution in [0.1, 0.15) is 58.2 Å². The van der Waals surface area contributed by atoms with Crippen LogP contribution in [0, 0.1) is 0 Å². The van der Waals surface area contributed by atoms with E-state index in [1.807, 2.05) is 20.0 Å². The molecule has 96 valence electrons. The minimum absolute atomic E-state index is 0.573. The molecule has 1 aromatic rings. The van der Waals surface area contributed by atoms with Crippen molar-refractivity contribution in [2.75, 3.05) is 18.0 Å². The number of pyridine rings is 1. The van der Waals surface area contributed by atoms with E-state index in [9.17, 15) is 0 Å². The van der Waals surface area contributed by atoms with Gasteiger partial charge in [-0.1, -0.05) is 27.7 Å². The number of aromatic nitrogens is 1. The predicted octanol–water partition coefficient (Wildman–Crippen LogP) is 4.00.